The summed E-state index contributed by atoms with van der Waals surface area (Å²) in [6.07, 6.45) is 1.73. The zero-order valence-electron chi connectivity index (χ0n) is 23.0. The van der Waals surface area contributed by atoms with Gasteiger partial charge in [0.2, 0.25) is 0 Å². The highest BCUT2D eigenvalue weighted by molar-refractivity contribution is 7.07. The molecule has 0 amide bonds. The number of nitrogens with zero attached hydrogens (tertiary/aromatic N) is 3. The minimum atomic E-state index is -0.952. The maximum atomic E-state index is 13.9. The molecular formula is C31H26ClN3O6S. The van der Waals surface area contributed by atoms with E-state index in [1.165, 1.54) is 22.0 Å². The highest BCUT2D eigenvalue weighted by Gasteiger charge is 2.34. The highest BCUT2D eigenvalue weighted by Crippen LogP contribution is 2.33. The van der Waals surface area contributed by atoms with E-state index >= 15 is 0 Å². The van der Waals surface area contributed by atoms with Crippen molar-refractivity contribution in [3.8, 4) is 5.75 Å². The van der Waals surface area contributed by atoms with Crippen LogP contribution < -0.4 is 19.6 Å². The predicted molar refractivity (Wildman–Crippen MR) is 160 cm³/mol. The second-order valence-electron chi connectivity index (χ2n) is 9.56. The van der Waals surface area contributed by atoms with Crippen LogP contribution in [-0.4, -0.2) is 22.1 Å². The Hall–Kier alpha value is -4.54. The quantitative estimate of drug-likeness (QED) is 0.154. The second kappa shape index (κ2) is 12.1. The number of carbonyl (C=O) groups excluding carboxylic acids is 1. The van der Waals surface area contributed by atoms with Crippen molar-refractivity contribution in [2.75, 3.05) is 6.61 Å². The van der Waals surface area contributed by atoms with Crippen LogP contribution in [0.2, 0.25) is 5.02 Å². The van der Waals surface area contributed by atoms with Gasteiger partial charge in [-0.25, -0.2) is 9.79 Å². The number of esters is 1. The van der Waals surface area contributed by atoms with Crippen LogP contribution in [0.25, 0.3) is 6.08 Å². The molecular weight excluding hydrogens is 578 g/mol. The molecule has 5 rings (SSSR count). The van der Waals surface area contributed by atoms with Gasteiger partial charge in [-0.3, -0.25) is 19.5 Å². The molecule has 214 valence electrons. The fourth-order valence-corrected chi connectivity index (χ4v) is 5.96. The standard InChI is InChI=1S/C31H26ClN3O6S/c1-4-40-30(37)27-19(3)33-31-34(28(27)21-13-12-18(2)25(16-21)35(38)39)29(36)26(42-31)15-20-8-7-10-23(14-20)41-17-22-9-5-6-11-24(22)32/h5-16,28H,4,17H2,1-3H3/b26-15+/t28-/m1/s1. The Morgan fingerprint density at radius 1 is 1.14 bits per heavy atom. The first-order valence-corrected chi connectivity index (χ1v) is 14.3. The number of hydrogen-bond acceptors (Lipinski definition) is 8. The third-order valence-corrected chi connectivity index (χ3v) is 8.12. The summed E-state index contributed by atoms with van der Waals surface area (Å²) in [6.45, 7) is 5.38. The zero-order chi connectivity index (χ0) is 30.0. The van der Waals surface area contributed by atoms with E-state index in [1.807, 2.05) is 42.5 Å². The van der Waals surface area contributed by atoms with Gasteiger partial charge in [0.15, 0.2) is 4.80 Å². The number of aromatic nitrogens is 1. The number of carbonyl (C=O) groups is 1. The monoisotopic (exact) mass is 603 g/mol. The van der Waals surface area contributed by atoms with Gasteiger partial charge in [-0.05, 0) is 56.2 Å². The fraction of sp³-hybridized carbons (Fsp3) is 0.194. The Balaban J connectivity index is 1.59. The predicted octanol–water partition coefficient (Wildman–Crippen LogP) is 5.25. The lowest BCUT2D eigenvalue weighted by Gasteiger charge is -2.24. The number of fused-ring (bicyclic) bond motifs is 1. The maximum Gasteiger partial charge on any atom is 0.338 e. The highest BCUT2D eigenvalue weighted by atomic mass is 35.5. The van der Waals surface area contributed by atoms with E-state index in [-0.39, 0.29) is 30.0 Å². The summed E-state index contributed by atoms with van der Waals surface area (Å²) in [5.41, 5.74) is 2.49. The van der Waals surface area contributed by atoms with Gasteiger partial charge in [0.1, 0.15) is 12.4 Å². The molecule has 0 saturated carbocycles. The summed E-state index contributed by atoms with van der Waals surface area (Å²) in [7, 11) is 0. The van der Waals surface area contributed by atoms with E-state index in [0.717, 1.165) is 11.1 Å². The number of benzene rings is 3. The third kappa shape index (κ3) is 5.77. The lowest BCUT2D eigenvalue weighted by Crippen LogP contribution is -2.40. The summed E-state index contributed by atoms with van der Waals surface area (Å²) in [4.78, 5) is 43.2. The van der Waals surface area contributed by atoms with Crippen LogP contribution in [-0.2, 0) is 16.1 Å². The van der Waals surface area contributed by atoms with Crippen LogP contribution in [0.5, 0.6) is 5.75 Å². The normalized spacial score (nSPS) is 14.8. The van der Waals surface area contributed by atoms with Gasteiger partial charge in [0.05, 0.1) is 33.4 Å². The summed E-state index contributed by atoms with van der Waals surface area (Å²) >= 11 is 7.41. The van der Waals surface area contributed by atoms with E-state index < -0.39 is 16.9 Å². The number of aryl methyl sites for hydroxylation is 1. The molecule has 0 radical (unpaired) electrons. The molecule has 0 saturated heterocycles. The fourth-order valence-electron chi connectivity index (χ4n) is 4.72. The van der Waals surface area contributed by atoms with Crippen LogP contribution in [0.1, 0.15) is 42.1 Å². The third-order valence-electron chi connectivity index (χ3n) is 6.77. The molecule has 0 bridgehead atoms. The number of halogens is 1. The minimum absolute atomic E-state index is 0.110. The van der Waals surface area contributed by atoms with E-state index in [1.54, 1.807) is 45.0 Å². The minimum Gasteiger partial charge on any atom is -0.489 e. The lowest BCUT2D eigenvalue weighted by molar-refractivity contribution is -0.385. The molecule has 1 aromatic heterocycles. The number of hydrogen-bond donors (Lipinski definition) is 0. The van der Waals surface area contributed by atoms with E-state index in [2.05, 4.69) is 4.99 Å². The molecule has 9 nitrogen and oxygen atoms in total. The van der Waals surface area contributed by atoms with Gasteiger partial charge in [-0.1, -0.05) is 65.4 Å². The van der Waals surface area contributed by atoms with Crippen molar-refractivity contribution in [1.82, 2.24) is 4.57 Å². The van der Waals surface area contributed by atoms with E-state index in [4.69, 9.17) is 21.1 Å². The maximum absolute atomic E-state index is 13.9. The average Bonchev–Trinajstić information content (AvgIpc) is 3.26. The van der Waals surface area contributed by atoms with Gasteiger partial charge in [-0.15, -0.1) is 0 Å². The van der Waals surface area contributed by atoms with Crippen molar-refractivity contribution in [3.05, 3.63) is 135 Å². The molecule has 1 aliphatic heterocycles. The molecule has 0 spiro atoms. The molecule has 0 unspecified atom stereocenters. The SMILES string of the molecule is CCOC(=O)C1=C(C)N=c2s/c(=C/c3cccc(OCc4ccccc4Cl)c3)c(=O)n2[C@@H]1c1ccc(C)c([N+](=O)[O-])c1. The molecule has 2 heterocycles. The Bertz CT molecular complexity index is 1930. The Morgan fingerprint density at radius 2 is 1.93 bits per heavy atom. The molecule has 1 aliphatic rings. The van der Waals surface area contributed by atoms with E-state index in [0.29, 0.717) is 36.9 Å². The molecule has 0 fully saturated rings. The number of ether oxygens (including phenoxy) is 2. The Labute approximate surface area is 249 Å². The molecule has 3 aromatic carbocycles. The Morgan fingerprint density at radius 3 is 2.67 bits per heavy atom. The second-order valence-corrected chi connectivity index (χ2v) is 11.0. The van der Waals surface area contributed by atoms with Gasteiger partial charge < -0.3 is 9.47 Å². The van der Waals surface area contributed by atoms with Crippen LogP contribution in [0.4, 0.5) is 5.69 Å². The van der Waals surface area contributed by atoms with Gasteiger partial charge in [-0.2, -0.15) is 0 Å². The van der Waals surface area contributed by atoms with Crippen molar-refractivity contribution in [1.29, 1.82) is 0 Å². The molecule has 4 aromatic rings. The average molecular weight is 604 g/mol. The number of allylic oxidation sites excluding steroid dienone is 1. The molecule has 42 heavy (non-hydrogen) atoms. The van der Waals surface area contributed by atoms with Gasteiger partial charge >= 0.3 is 5.97 Å². The number of thiazole rings is 1. The van der Waals surface area contributed by atoms with Crippen molar-refractivity contribution in [2.45, 2.75) is 33.4 Å². The molecule has 1 atom stereocenters. The molecule has 0 aliphatic carbocycles. The topological polar surface area (TPSA) is 113 Å². The number of nitro groups is 1. The summed E-state index contributed by atoms with van der Waals surface area (Å²) < 4.78 is 13.0. The van der Waals surface area contributed by atoms with Crippen LogP contribution >= 0.6 is 22.9 Å². The van der Waals surface area contributed by atoms with Crippen molar-refractivity contribution >= 4 is 40.7 Å². The van der Waals surface area contributed by atoms with Gasteiger partial charge in [0, 0.05) is 22.2 Å². The summed E-state index contributed by atoms with van der Waals surface area (Å²) in [5.74, 6) is -0.0358. The van der Waals surface area contributed by atoms with Gasteiger partial charge in [0.25, 0.3) is 11.2 Å². The van der Waals surface area contributed by atoms with Crippen molar-refractivity contribution in [2.24, 2.45) is 4.99 Å². The zero-order valence-corrected chi connectivity index (χ0v) is 24.6. The van der Waals surface area contributed by atoms with Crippen molar-refractivity contribution < 1.29 is 19.2 Å². The van der Waals surface area contributed by atoms with Crippen LogP contribution in [0, 0.1) is 17.0 Å². The van der Waals surface area contributed by atoms with E-state index in [9.17, 15) is 19.7 Å². The largest absolute Gasteiger partial charge is 0.489 e. The summed E-state index contributed by atoms with van der Waals surface area (Å²) in [6, 6.07) is 18.5. The first kappa shape index (κ1) is 29.0. The Kier molecular flexibility index (Phi) is 8.37. The number of nitro benzene ring substituents is 1. The van der Waals surface area contributed by atoms with Crippen molar-refractivity contribution in [3.63, 3.8) is 0 Å². The molecule has 0 N–H and O–H groups in total. The van der Waals surface area contributed by atoms with Crippen LogP contribution in [0.3, 0.4) is 0 Å². The smallest absolute Gasteiger partial charge is 0.338 e. The lowest BCUT2D eigenvalue weighted by atomic mass is 9.94. The summed E-state index contributed by atoms with van der Waals surface area (Å²) in [5, 5.41) is 12.3. The van der Waals surface area contributed by atoms with Crippen LogP contribution in [0.15, 0.2) is 87.8 Å². The molecule has 11 heteroatoms. The first-order chi connectivity index (χ1) is 20.2. The first-order valence-electron chi connectivity index (χ1n) is 13.1. The number of rotatable bonds is 8.